The summed E-state index contributed by atoms with van der Waals surface area (Å²) in [4.78, 5) is 11.4. The van der Waals surface area contributed by atoms with E-state index in [1.807, 2.05) is 0 Å². The quantitative estimate of drug-likeness (QED) is 0.718. The minimum atomic E-state index is -0.309. The molecule has 1 aliphatic heterocycles. The SMILES string of the molecule is CCOC(=O)c1cnn(CC2CCOC2)c1. The molecule has 1 atom stereocenters. The molecule has 1 aliphatic rings. The average molecular weight is 224 g/mol. The van der Waals surface area contributed by atoms with Gasteiger partial charge in [0.05, 0.1) is 25.0 Å². The van der Waals surface area contributed by atoms with Gasteiger partial charge in [-0.2, -0.15) is 5.10 Å². The number of carbonyl (C=O) groups excluding carboxylic acids is 1. The number of hydrogen-bond acceptors (Lipinski definition) is 4. The van der Waals surface area contributed by atoms with Crippen molar-refractivity contribution < 1.29 is 14.3 Å². The molecule has 2 rings (SSSR count). The molecule has 1 unspecified atom stereocenters. The number of rotatable bonds is 4. The van der Waals surface area contributed by atoms with E-state index in [1.54, 1.807) is 24.0 Å². The number of esters is 1. The third-order valence-corrected chi connectivity index (χ3v) is 2.61. The molecule has 1 aromatic rings. The van der Waals surface area contributed by atoms with E-state index in [0.29, 0.717) is 18.1 Å². The molecule has 5 nitrogen and oxygen atoms in total. The van der Waals surface area contributed by atoms with Crippen LogP contribution in [0, 0.1) is 5.92 Å². The van der Waals surface area contributed by atoms with E-state index in [2.05, 4.69) is 5.10 Å². The highest BCUT2D eigenvalue weighted by atomic mass is 16.5. The topological polar surface area (TPSA) is 53.3 Å². The lowest BCUT2D eigenvalue weighted by Gasteiger charge is -2.06. The minimum Gasteiger partial charge on any atom is -0.462 e. The third-order valence-electron chi connectivity index (χ3n) is 2.61. The molecule has 2 heterocycles. The molecule has 0 spiro atoms. The van der Waals surface area contributed by atoms with Gasteiger partial charge < -0.3 is 9.47 Å². The van der Waals surface area contributed by atoms with E-state index in [4.69, 9.17) is 9.47 Å². The molecule has 5 heteroatoms. The van der Waals surface area contributed by atoms with Crippen LogP contribution < -0.4 is 0 Å². The van der Waals surface area contributed by atoms with E-state index >= 15 is 0 Å². The first kappa shape index (κ1) is 11.1. The van der Waals surface area contributed by atoms with Crippen LogP contribution in [0.25, 0.3) is 0 Å². The van der Waals surface area contributed by atoms with E-state index in [-0.39, 0.29) is 5.97 Å². The van der Waals surface area contributed by atoms with Crippen molar-refractivity contribution >= 4 is 5.97 Å². The monoisotopic (exact) mass is 224 g/mol. The largest absolute Gasteiger partial charge is 0.462 e. The van der Waals surface area contributed by atoms with Crippen molar-refractivity contribution in [2.45, 2.75) is 19.9 Å². The van der Waals surface area contributed by atoms with Gasteiger partial charge in [0, 0.05) is 25.3 Å². The normalized spacial score (nSPS) is 19.9. The van der Waals surface area contributed by atoms with Crippen molar-refractivity contribution in [1.29, 1.82) is 0 Å². The van der Waals surface area contributed by atoms with Gasteiger partial charge in [0.25, 0.3) is 0 Å². The van der Waals surface area contributed by atoms with Crippen molar-refractivity contribution in [2.24, 2.45) is 5.92 Å². The van der Waals surface area contributed by atoms with Crippen LogP contribution in [0.3, 0.4) is 0 Å². The average Bonchev–Trinajstić information content (AvgIpc) is 2.90. The predicted molar refractivity (Wildman–Crippen MR) is 57.1 cm³/mol. The molecule has 1 saturated heterocycles. The van der Waals surface area contributed by atoms with Gasteiger partial charge in [-0.15, -0.1) is 0 Å². The third kappa shape index (κ3) is 2.61. The lowest BCUT2D eigenvalue weighted by atomic mass is 10.1. The molecule has 88 valence electrons. The Labute approximate surface area is 94.3 Å². The van der Waals surface area contributed by atoms with Crippen LogP contribution in [-0.2, 0) is 16.0 Å². The Bertz CT molecular complexity index is 356. The summed E-state index contributed by atoms with van der Waals surface area (Å²) < 4.78 is 12.0. The van der Waals surface area contributed by atoms with Crippen LogP contribution in [0.15, 0.2) is 12.4 Å². The van der Waals surface area contributed by atoms with Gasteiger partial charge in [-0.05, 0) is 13.3 Å². The summed E-state index contributed by atoms with van der Waals surface area (Å²) >= 11 is 0. The van der Waals surface area contributed by atoms with Gasteiger partial charge in [0.2, 0.25) is 0 Å². The molecule has 1 fully saturated rings. The van der Waals surface area contributed by atoms with Crippen LogP contribution in [0.4, 0.5) is 0 Å². The Morgan fingerprint density at radius 1 is 1.75 bits per heavy atom. The van der Waals surface area contributed by atoms with Crippen molar-refractivity contribution in [3.8, 4) is 0 Å². The molecular weight excluding hydrogens is 208 g/mol. The van der Waals surface area contributed by atoms with Crippen LogP contribution in [0.2, 0.25) is 0 Å². The number of nitrogens with zero attached hydrogens (tertiary/aromatic N) is 2. The van der Waals surface area contributed by atoms with Crippen molar-refractivity contribution in [3.05, 3.63) is 18.0 Å². The maximum absolute atomic E-state index is 11.4. The number of carbonyl (C=O) groups is 1. The molecule has 0 saturated carbocycles. The fourth-order valence-electron chi connectivity index (χ4n) is 1.78. The zero-order valence-corrected chi connectivity index (χ0v) is 9.39. The smallest absolute Gasteiger partial charge is 0.341 e. The van der Waals surface area contributed by atoms with Crippen molar-refractivity contribution in [3.63, 3.8) is 0 Å². The van der Waals surface area contributed by atoms with Gasteiger partial charge in [-0.1, -0.05) is 0 Å². The Morgan fingerprint density at radius 3 is 3.31 bits per heavy atom. The van der Waals surface area contributed by atoms with Gasteiger partial charge in [-0.25, -0.2) is 4.79 Å². The zero-order valence-electron chi connectivity index (χ0n) is 9.39. The molecule has 0 amide bonds. The summed E-state index contributed by atoms with van der Waals surface area (Å²) in [5.41, 5.74) is 0.515. The first-order chi connectivity index (χ1) is 7.79. The fourth-order valence-corrected chi connectivity index (χ4v) is 1.78. The van der Waals surface area contributed by atoms with E-state index in [1.165, 1.54) is 0 Å². The highest BCUT2D eigenvalue weighted by Crippen LogP contribution is 2.14. The van der Waals surface area contributed by atoms with E-state index in [0.717, 1.165) is 26.2 Å². The van der Waals surface area contributed by atoms with Gasteiger partial charge in [0.15, 0.2) is 0 Å². The lowest BCUT2D eigenvalue weighted by molar-refractivity contribution is 0.0526. The standard InChI is InChI=1S/C11H16N2O3/c1-2-16-11(14)10-5-12-13(7-10)6-9-3-4-15-8-9/h5,7,9H,2-4,6,8H2,1H3. The van der Waals surface area contributed by atoms with Gasteiger partial charge >= 0.3 is 5.97 Å². The number of ether oxygens (including phenoxy) is 2. The van der Waals surface area contributed by atoms with Crippen LogP contribution in [0.5, 0.6) is 0 Å². The van der Waals surface area contributed by atoms with Crippen LogP contribution in [-0.4, -0.2) is 35.6 Å². The molecule has 0 N–H and O–H groups in total. The molecule has 0 aliphatic carbocycles. The van der Waals surface area contributed by atoms with Crippen LogP contribution in [0.1, 0.15) is 23.7 Å². The summed E-state index contributed by atoms with van der Waals surface area (Å²) in [6.07, 6.45) is 4.35. The van der Waals surface area contributed by atoms with Gasteiger partial charge in [-0.3, -0.25) is 4.68 Å². The summed E-state index contributed by atoms with van der Waals surface area (Å²) in [7, 11) is 0. The van der Waals surface area contributed by atoms with Crippen LogP contribution >= 0.6 is 0 Å². The Hall–Kier alpha value is -1.36. The molecule has 0 radical (unpaired) electrons. The maximum atomic E-state index is 11.4. The molecule has 1 aromatic heterocycles. The first-order valence-electron chi connectivity index (χ1n) is 5.57. The van der Waals surface area contributed by atoms with Gasteiger partial charge in [0.1, 0.15) is 0 Å². The Morgan fingerprint density at radius 2 is 2.62 bits per heavy atom. The van der Waals surface area contributed by atoms with Crippen molar-refractivity contribution in [1.82, 2.24) is 9.78 Å². The fraction of sp³-hybridized carbons (Fsp3) is 0.636. The number of hydrogen-bond donors (Lipinski definition) is 0. The maximum Gasteiger partial charge on any atom is 0.341 e. The molecule has 16 heavy (non-hydrogen) atoms. The van der Waals surface area contributed by atoms with Crippen molar-refractivity contribution in [2.75, 3.05) is 19.8 Å². The van der Waals surface area contributed by atoms with E-state index in [9.17, 15) is 4.79 Å². The summed E-state index contributed by atoms with van der Waals surface area (Å²) in [6.45, 7) is 4.60. The second-order valence-electron chi connectivity index (χ2n) is 3.90. The predicted octanol–water partition coefficient (Wildman–Crippen LogP) is 1.10. The molecular formula is C11H16N2O3. The zero-order chi connectivity index (χ0) is 11.4. The second kappa shape index (κ2) is 5.12. The Balaban J connectivity index is 1.93. The lowest BCUT2D eigenvalue weighted by Crippen LogP contribution is -2.11. The Kier molecular flexibility index (Phi) is 3.56. The highest BCUT2D eigenvalue weighted by molar-refractivity contribution is 5.88. The van der Waals surface area contributed by atoms with E-state index < -0.39 is 0 Å². The highest BCUT2D eigenvalue weighted by Gasteiger charge is 2.17. The second-order valence-corrected chi connectivity index (χ2v) is 3.90. The first-order valence-corrected chi connectivity index (χ1v) is 5.57. The minimum absolute atomic E-state index is 0.309. The molecule has 0 aromatic carbocycles. The summed E-state index contributed by atoms with van der Waals surface area (Å²) in [6, 6.07) is 0. The summed E-state index contributed by atoms with van der Waals surface area (Å²) in [5, 5.41) is 4.14. The summed E-state index contributed by atoms with van der Waals surface area (Å²) in [5.74, 6) is 0.200. The molecule has 0 bridgehead atoms. The number of aromatic nitrogens is 2.